The molecular weight excluding hydrogens is 470 g/mol. The number of carbonyl (C=O) groups is 2. The third-order valence-corrected chi connectivity index (χ3v) is 6.86. The van der Waals surface area contributed by atoms with Crippen molar-refractivity contribution in [2.75, 3.05) is 23.9 Å². The second-order valence-corrected chi connectivity index (χ2v) is 9.60. The number of benzene rings is 2. The van der Waals surface area contributed by atoms with Crippen molar-refractivity contribution in [1.82, 2.24) is 4.72 Å². The summed E-state index contributed by atoms with van der Waals surface area (Å²) in [4.78, 5) is 26.2. The minimum absolute atomic E-state index is 0.0511. The maximum Gasteiger partial charge on any atom is 0.248 e. The molecule has 2 N–H and O–H groups in total. The summed E-state index contributed by atoms with van der Waals surface area (Å²) in [7, 11) is -2.18. The number of nitrogens with one attached hydrogen (secondary N) is 2. The van der Waals surface area contributed by atoms with E-state index in [2.05, 4.69) is 10.0 Å². The Morgan fingerprint density at radius 2 is 1.97 bits per heavy atom. The Morgan fingerprint density at radius 3 is 2.63 bits per heavy atom. The van der Waals surface area contributed by atoms with E-state index >= 15 is 0 Å². The predicted molar refractivity (Wildman–Crippen MR) is 131 cm³/mol. The van der Waals surface area contributed by atoms with Crippen LogP contribution in [-0.4, -0.2) is 33.9 Å². The molecule has 35 heavy (non-hydrogen) atoms. The van der Waals surface area contributed by atoms with E-state index in [9.17, 15) is 18.0 Å². The Kier molecular flexibility index (Phi) is 7.33. The zero-order chi connectivity index (χ0) is 24.8. The predicted octanol–water partition coefficient (Wildman–Crippen LogP) is 3.55. The van der Waals surface area contributed by atoms with Gasteiger partial charge in [0.25, 0.3) is 0 Å². The number of hydrogen-bond donors (Lipinski definition) is 2. The zero-order valence-corrected chi connectivity index (χ0v) is 19.9. The summed E-state index contributed by atoms with van der Waals surface area (Å²) < 4.78 is 37.9. The van der Waals surface area contributed by atoms with Crippen LogP contribution in [-0.2, 0) is 26.2 Å². The van der Waals surface area contributed by atoms with E-state index in [1.54, 1.807) is 53.4 Å². The van der Waals surface area contributed by atoms with Gasteiger partial charge in [-0.25, -0.2) is 13.1 Å². The molecule has 9 nitrogen and oxygen atoms in total. The van der Waals surface area contributed by atoms with Crippen LogP contribution < -0.4 is 19.7 Å². The van der Waals surface area contributed by atoms with Gasteiger partial charge in [-0.05, 0) is 54.5 Å². The van der Waals surface area contributed by atoms with Crippen LogP contribution in [0.3, 0.4) is 0 Å². The fraction of sp³-hybridized carbons (Fsp3) is 0.200. The van der Waals surface area contributed by atoms with Crippen molar-refractivity contribution in [3.63, 3.8) is 0 Å². The van der Waals surface area contributed by atoms with Gasteiger partial charge in [-0.3, -0.25) is 9.59 Å². The van der Waals surface area contributed by atoms with Crippen LogP contribution >= 0.6 is 0 Å². The van der Waals surface area contributed by atoms with E-state index < -0.39 is 10.0 Å². The lowest BCUT2D eigenvalue weighted by molar-refractivity contribution is -0.117. The standard InChI is InChI=1S/C25H25N3O6S/c1-33-23-16-19(9-12-22(23)28-14-2-5-25(28)30)27-24(29)13-8-18-6-10-21(11-7-18)35(31,32)26-17-20-4-3-15-34-20/h3-4,6-13,15-16,26H,2,5,14,17H2,1H3,(H,27,29)/b13-8+. The molecule has 1 aliphatic heterocycles. The van der Waals surface area contributed by atoms with Gasteiger partial charge >= 0.3 is 0 Å². The molecule has 2 amide bonds. The zero-order valence-electron chi connectivity index (χ0n) is 19.1. The van der Waals surface area contributed by atoms with Gasteiger partial charge in [-0.1, -0.05) is 12.1 Å². The van der Waals surface area contributed by atoms with E-state index in [1.165, 1.54) is 31.6 Å². The summed E-state index contributed by atoms with van der Waals surface area (Å²) in [5.41, 5.74) is 1.86. The summed E-state index contributed by atoms with van der Waals surface area (Å²) in [6, 6.07) is 14.6. The van der Waals surface area contributed by atoms with Gasteiger partial charge in [0.15, 0.2) is 0 Å². The third-order valence-electron chi connectivity index (χ3n) is 5.45. The highest BCUT2D eigenvalue weighted by Gasteiger charge is 2.24. The van der Waals surface area contributed by atoms with Crippen LogP contribution in [0.4, 0.5) is 11.4 Å². The number of furan rings is 1. The lowest BCUT2D eigenvalue weighted by Crippen LogP contribution is -2.24. The quantitative estimate of drug-likeness (QED) is 0.439. The van der Waals surface area contributed by atoms with Gasteiger partial charge < -0.3 is 19.4 Å². The summed E-state index contributed by atoms with van der Waals surface area (Å²) >= 11 is 0. The molecule has 0 aliphatic carbocycles. The number of carbonyl (C=O) groups excluding carboxylic acids is 2. The molecule has 1 fully saturated rings. The lowest BCUT2D eigenvalue weighted by Gasteiger charge is -2.19. The van der Waals surface area contributed by atoms with Gasteiger partial charge in [0.2, 0.25) is 21.8 Å². The fourth-order valence-corrected chi connectivity index (χ4v) is 4.65. The van der Waals surface area contributed by atoms with E-state index in [1.807, 2.05) is 0 Å². The molecule has 0 saturated carbocycles. The first-order valence-electron chi connectivity index (χ1n) is 11.0. The number of methoxy groups -OCH3 is 1. The van der Waals surface area contributed by atoms with Crippen LogP contribution in [0.1, 0.15) is 24.2 Å². The monoisotopic (exact) mass is 495 g/mol. The highest BCUT2D eigenvalue weighted by molar-refractivity contribution is 7.89. The number of rotatable bonds is 9. The Hall–Kier alpha value is -3.89. The fourth-order valence-electron chi connectivity index (χ4n) is 3.66. The highest BCUT2D eigenvalue weighted by Crippen LogP contribution is 2.33. The molecule has 4 rings (SSSR count). The van der Waals surface area contributed by atoms with Crippen molar-refractivity contribution < 1.29 is 27.2 Å². The molecule has 3 aromatic rings. The summed E-state index contributed by atoms with van der Waals surface area (Å²) in [6.45, 7) is 0.695. The number of ether oxygens (including phenoxy) is 1. The van der Waals surface area contributed by atoms with Crippen molar-refractivity contribution >= 4 is 39.3 Å². The summed E-state index contributed by atoms with van der Waals surface area (Å²) in [6.07, 6.45) is 5.73. The molecule has 0 atom stereocenters. The Bertz CT molecular complexity index is 1330. The maximum atomic E-state index is 12.4. The smallest absolute Gasteiger partial charge is 0.248 e. The third kappa shape index (κ3) is 5.97. The topological polar surface area (TPSA) is 118 Å². The molecule has 1 saturated heterocycles. The van der Waals surface area contributed by atoms with Gasteiger partial charge in [0.05, 0.1) is 30.5 Å². The van der Waals surface area contributed by atoms with Crippen molar-refractivity contribution in [3.05, 3.63) is 78.3 Å². The van der Waals surface area contributed by atoms with Crippen molar-refractivity contribution in [2.24, 2.45) is 0 Å². The van der Waals surface area contributed by atoms with Crippen LogP contribution in [0.5, 0.6) is 5.75 Å². The van der Waals surface area contributed by atoms with E-state index in [4.69, 9.17) is 9.15 Å². The van der Waals surface area contributed by atoms with E-state index in [0.717, 1.165) is 6.42 Å². The van der Waals surface area contributed by atoms with Gasteiger partial charge in [0.1, 0.15) is 11.5 Å². The Labute approximate surface area is 203 Å². The summed E-state index contributed by atoms with van der Waals surface area (Å²) in [5.74, 6) is 0.694. The highest BCUT2D eigenvalue weighted by atomic mass is 32.2. The second kappa shape index (κ2) is 10.6. The van der Waals surface area contributed by atoms with Crippen LogP contribution in [0.2, 0.25) is 0 Å². The molecule has 10 heteroatoms. The maximum absolute atomic E-state index is 12.4. The van der Waals surface area contributed by atoms with Crippen LogP contribution in [0.15, 0.2) is 76.2 Å². The molecule has 2 heterocycles. The molecule has 0 spiro atoms. The molecule has 0 bridgehead atoms. The SMILES string of the molecule is COc1cc(NC(=O)/C=C/c2ccc(S(=O)(=O)NCc3ccco3)cc2)ccc1N1CCCC1=O. The average Bonchev–Trinajstić information content (AvgIpc) is 3.53. The van der Waals surface area contributed by atoms with Crippen molar-refractivity contribution in [1.29, 1.82) is 0 Å². The number of sulfonamides is 1. The van der Waals surface area contributed by atoms with E-state index in [-0.39, 0.29) is 23.3 Å². The molecule has 1 aromatic heterocycles. The normalized spacial score (nSPS) is 14.0. The summed E-state index contributed by atoms with van der Waals surface area (Å²) in [5, 5.41) is 2.76. The van der Waals surface area contributed by atoms with Gasteiger partial charge in [0, 0.05) is 30.8 Å². The number of nitrogens with zero attached hydrogens (tertiary/aromatic N) is 1. The average molecular weight is 496 g/mol. The van der Waals surface area contributed by atoms with Gasteiger partial charge in [-0.2, -0.15) is 0 Å². The van der Waals surface area contributed by atoms with E-state index in [0.29, 0.717) is 41.4 Å². The van der Waals surface area contributed by atoms with Crippen molar-refractivity contribution in [2.45, 2.75) is 24.3 Å². The Balaban J connectivity index is 1.36. The Morgan fingerprint density at radius 1 is 1.17 bits per heavy atom. The van der Waals surface area contributed by atoms with Crippen LogP contribution in [0.25, 0.3) is 6.08 Å². The second-order valence-electron chi connectivity index (χ2n) is 7.83. The van der Waals surface area contributed by atoms with Crippen molar-refractivity contribution in [3.8, 4) is 5.75 Å². The first-order chi connectivity index (χ1) is 16.9. The molecule has 182 valence electrons. The first-order valence-corrected chi connectivity index (χ1v) is 12.4. The number of hydrogen-bond acceptors (Lipinski definition) is 6. The molecule has 1 aliphatic rings. The lowest BCUT2D eigenvalue weighted by atomic mass is 10.2. The largest absolute Gasteiger partial charge is 0.494 e. The molecule has 2 aromatic carbocycles. The van der Waals surface area contributed by atoms with Gasteiger partial charge in [-0.15, -0.1) is 0 Å². The molecular formula is C25H25N3O6S. The minimum atomic E-state index is -3.69. The first kappa shape index (κ1) is 24.2. The molecule has 0 unspecified atom stereocenters. The number of anilines is 2. The number of amides is 2. The van der Waals surface area contributed by atoms with Crippen LogP contribution in [0, 0.1) is 0 Å². The minimum Gasteiger partial charge on any atom is -0.494 e. The molecule has 0 radical (unpaired) electrons.